The predicted molar refractivity (Wildman–Crippen MR) is 100 cm³/mol. The number of nitrogens with zero attached hydrogens (tertiary/aromatic N) is 2. The molecular weight excluding hydrogens is 366 g/mol. The van der Waals surface area contributed by atoms with Gasteiger partial charge in [0.05, 0.1) is 0 Å². The van der Waals surface area contributed by atoms with E-state index in [2.05, 4.69) is 5.32 Å². The summed E-state index contributed by atoms with van der Waals surface area (Å²) in [6.45, 7) is 7.20. The molecule has 0 radical (unpaired) electrons. The van der Waals surface area contributed by atoms with E-state index in [9.17, 15) is 19.2 Å². The maximum absolute atomic E-state index is 12.5. The number of carbonyl (C=O) groups is 4. The van der Waals surface area contributed by atoms with Gasteiger partial charge >= 0.3 is 12.0 Å². The van der Waals surface area contributed by atoms with Crippen LogP contribution in [-0.4, -0.2) is 65.6 Å². The molecule has 3 amide bonds. The summed E-state index contributed by atoms with van der Waals surface area (Å²) in [6, 6.07) is 1.11. The number of esters is 1. The topological polar surface area (TPSA) is 107 Å². The number of hydrogen-bond donors (Lipinski definition) is 1. The molecule has 1 aliphatic rings. The van der Waals surface area contributed by atoms with Crippen molar-refractivity contribution in [2.24, 2.45) is 0 Å². The van der Waals surface area contributed by atoms with Crippen LogP contribution < -0.4 is 5.32 Å². The summed E-state index contributed by atoms with van der Waals surface area (Å²) < 4.78 is 12.1. The Bertz CT molecular complexity index is 796. The van der Waals surface area contributed by atoms with Gasteiger partial charge in [-0.15, -0.1) is 0 Å². The quantitative estimate of drug-likeness (QED) is 0.292. The first-order valence-electron chi connectivity index (χ1n) is 9.07. The first-order valence-corrected chi connectivity index (χ1v) is 9.07. The van der Waals surface area contributed by atoms with E-state index in [1.165, 1.54) is 0 Å². The fraction of sp³-hybridized carbons (Fsp3) is 0.579. The van der Waals surface area contributed by atoms with Crippen LogP contribution >= 0.6 is 0 Å². The van der Waals surface area contributed by atoms with Crippen LogP contribution in [0, 0.1) is 13.8 Å². The summed E-state index contributed by atoms with van der Waals surface area (Å²) in [5, 5.41) is 2.48. The van der Waals surface area contributed by atoms with Crippen molar-refractivity contribution >= 4 is 23.7 Å². The summed E-state index contributed by atoms with van der Waals surface area (Å²) in [4.78, 5) is 49.1. The monoisotopic (exact) mass is 393 g/mol. The molecule has 0 unspecified atom stereocenters. The van der Waals surface area contributed by atoms with Crippen LogP contribution in [0.4, 0.5) is 4.79 Å². The zero-order chi connectivity index (χ0) is 21.1. The molecule has 28 heavy (non-hydrogen) atoms. The lowest BCUT2D eigenvalue weighted by Gasteiger charge is -2.15. The molecule has 0 aromatic carbocycles. The maximum atomic E-state index is 12.5. The van der Waals surface area contributed by atoms with Crippen LogP contribution in [0.25, 0.3) is 0 Å². The fourth-order valence-corrected chi connectivity index (χ4v) is 3.15. The highest BCUT2D eigenvalue weighted by Gasteiger charge is 2.45. The highest BCUT2D eigenvalue weighted by molar-refractivity contribution is 6.08. The molecule has 9 heteroatoms. The number of amides is 3. The van der Waals surface area contributed by atoms with Gasteiger partial charge in [0.15, 0.2) is 6.61 Å². The van der Waals surface area contributed by atoms with Crippen molar-refractivity contribution < 1.29 is 28.7 Å². The van der Waals surface area contributed by atoms with Crippen LogP contribution in [0.3, 0.4) is 0 Å². The van der Waals surface area contributed by atoms with Gasteiger partial charge in [-0.25, -0.2) is 4.79 Å². The van der Waals surface area contributed by atoms with Crippen molar-refractivity contribution in [1.29, 1.82) is 0 Å². The summed E-state index contributed by atoms with van der Waals surface area (Å²) >= 11 is 0. The summed E-state index contributed by atoms with van der Waals surface area (Å²) in [5.41, 5.74) is 1.15. The summed E-state index contributed by atoms with van der Waals surface area (Å²) in [7, 11) is 1.64. The van der Waals surface area contributed by atoms with E-state index in [1.54, 1.807) is 27.0 Å². The van der Waals surface area contributed by atoms with E-state index in [1.807, 2.05) is 18.4 Å². The number of aromatic nitrogens is 1. The van der Waals surface area contributed by atoms with Crippen LogP contribution in [0.1, 0.15) is 42.0 Å². The van der Waals surface area contributed by atoms with Gasteiger partial charge in [-0.2, -0.15) is 0 Å². The number of urea groups is 1. The molecule has 1 fully saturated rings. The maximum Gasteiger partial charge on any atom is 0.326 e. The molecule has 154 valence electrons. The third kappa shape index (κ3) is 4.59. The largest absolute Gasteiger partial charge is 0.456 e. The van der Waals surface area contributed by atoms with E-state index >= 15 is 0 Å². The third-order valence-electron chi connectivity index (χ3n) is 4.70. The minimum atomic E-state index is -1.06. The van der Waals surface area contributed by atoms with E-state index in [0.29, 0.717) is 12.2 Å². The zero-order valence-corrected chi connectivity index (χ0v) is 17.0. The molecule has 1 aliphatic heterocycles. The molecule has 0 aliphatic carbocycles. The number of nitrogens with one attached hydrogen (secondary N) is 1. The van der Waals surface area contributed by atoms with Crippen molar-refractivity contribution in [2.45, 2.75) is 46.2 Å². The Morgan fingerprint density at radius 2 is 1.89 bits per heavy atom. The van der Waals surface area contributed by atoms with Crippen molar-refractivity contribution in [1.82, 2.24) is 14.8 Å². The molecule has 1 aromatic heterocycles. The SMILES string of the molecule is COCCCn1c(C)cc(C(=O)COC(=O)CN2C(=O)NC(C)(C)C2=O)c1C. The van der Waals surface area contributed by atoms with Crippen molar-refractivity contribution in [3.8, 4) is 0 Å². The number of Topliss-reactive ketones (excluding diaryl/α,β-unsaturated/α-hetero) is 1. The summed E-state index contributed by atoms with van der Waals surface area (Å²) in [5.74, 6) is -1.67. The normalized spacial score (nSPS) is 15.7. The molecule has 1 N–H and O–H groups in total. The third-order valence-corrected chi connectivity index (χ3v) is 4.70. The van der Waals surface area contributed by atoms with E-state index in [4.69, 9.17) is 9.47 Å². The van der Waals surface area contributed by atoms with E-state index in [-0.39, 0.29) is 5.78 Å². The van der Waals surface area contributed by atoms with Crippen LogP contribution in [0.15, 0.2) is 6.07 Å². The molecule has 1 saturated heterocycles. The van der Waals surface area contributed by atoms with E-state index < -0.39 is 36.6 Å². The van der Waals surface area contributed by atoms with E-state index in [0.717, 1.165) is 29.3 Å². The number of ketones is 1. The number of hydrogen-bond acceptors (Lipinski definition) is 6. The Morgan fingerprint density at radius 1 is 1.21 bits per heavy atom. The predicted octanol–water partition coefficient (Wildman–Crippen LogP) is 1.20. The molecule has 0 atom stereocenters. The lowest BCUT2D eigenvalue weighted by Crippen LogP contribution is -2.41. The van der Waals surface area contributed by atoms with Gasteiger partial charge in [-0.1, -0.05) is 0 Å². The second kappa shape index (κ2) is 8.55. The fourth-order valence-electron chi connectivity index (χ4n) is 3.15. The van der Waals surface area contributed by atoms with Crippen LogP contribution in [-0.2, 0) is 25.6 Å². The van der Waals surface area contributed by atoms with Gasteiger partial charge in [0, 0.05) is 37.2 Å². The molecular formula is C19H27N3O6. The first kappa shape index (κ1) is 21.6. The van der Waals surface area contributed by atoms with Gasteiger partial charge in [-0.3, -0.25) is 19.3 Å². The average molecular weight is 393 g/mol. The van der Waals surface area contributed by atoms with Crippen molar-refractivity contribution in [3.05, 3.63) is 23.0 Å². The summed E-state index contributed by atoms with van der Waals surface area (Å²) in [6.07, 6.45) is 0.817. The Balaban J connectivity index is 1.93. The van der Waals surface area contributed by atoms with Gasteiger partial charge in [-0.05, 0) is 40.2 Å². The highest BCUT2D eigenvalue weighted by Crippen LogP contribution is 2.18. The van der Waals surface area contributed by atoms with Gasteiger partial charge in [0.1, 0.15) is 12.1 Å². The second-order valence-electron chi connectivity index (χ2n) is 7.31. The number of rotatable bonds is 9. The number of carbonyl (C=O) groups excluding carboxylic acids is 4. The molecule has 2 heterocycles. The second-order valence-corrected chi connectivity index (χ2v) is 7.31. The smallest absolute Gasteiger partial charge is 0.326 e. The van der Waals surface area contributed by atoms with Crippen molar-refractivity contribution in [2.75, 3.05) is 26.9 Å². The Hall–Kier alpha value is -2.68. The molecule has 2 rings (SSSR count). The lowest BCUT2D eigenvalue weighted by molar-refractivity contribution is -0.146. The van der Waals surface area contributed by atoms with Crippen molar-refractivity contribution in [3.63, 3.8) is 0 Å². The molecule has 9 nitrogen and oxygen atoms in total. The number of aryl methyl sites for hydroxylation is 1. The van der Waals surface area contributed by atoms with Gasteiger partial charge in [0.25, 0.3) is 5.91 Å². The van der Waals surface area contributed by atoms with Crippen LogP contribution in [0.5, 0.6) is 0 Å². The molecule has 0 spiro atoms. The Morgan fingerprint density at radius 3 is 2.46 bits per heavy atom. The zero-order valence-electron chi connectivity index (χ0n) is 17.0. The standard InChI is InChI=1S/C19H27N3O6/c1-12-9-14(13(2)21(12)7-6-8-27-5)15(23)11-28-16(24)10-22-17(25)19(3,4)20-18(22)26/h9H,6-8,10-11H2,1-5H3,(H,20,26). The molecule has 0 bridgehead atoms. The molecule has 0 saturated carbocycles. The number of imide groups is 1. The lowest BCUT2D eigenvalue weighted by atomic mass is 10.1. The van der Waals surface area contributed by atoms with Crippen LogP contribution in [0.2, 0.25) is 0 Å². The van der Waals surface area contributed by atoms with Gasteiger partial charge in [0.2, 0.25) is 5.78 Å². The average Bonchev–Trinajstić information content (AvgIpc) is 3.01. The Kier molecular flexibility index (Phi) is 6.60. The first-order chi connectivity index (χ1) is 13.1. The molecule has 1 aromatic rings. The minimum absolute atomic E-state index is 0.336. The number of ether oxygens (including phenoxy) is 2. The van der Waals surface area contributed by atoms with Gasteiger partial charge < -0.3 is 19.4 Å². The minimum Gasteiger partial charge on any atom is -0.456 e. The highest BCUT2D eigenvalue weighted by atomic mass is 16.5. The Labute approximate surface area is 164 Å². The number of methoxy groups -OCH3 is 1.